The normalized spacial score (nSPS) is 14.6. The summed E-state index contributed by atoms with van der Waals surface area (Å²) >= 11 is 0. The maximum absolute atomic E-state index is 12.1. The van der Waals surface area contributed by atoms with Gasteiger partial charge in [0.25, 0.3) is 0 Å². The van der Waals surface area contributed by atoms with Gasteiger partial charge in [0.15, 0.2) is 0 Å². The average molecular weight is 334 g/mol. The van der Waals surface area contributed by atoms with E-state index in [1.54, 1.807) is 19.2 Å². The topological polar surface area (TPSA) is 87.3 Å². The molecule has 118 valence electrons. The molecule has 0 atom stereocenters. The zero-order valence-corrected chi connectivity index (χ0v) is 13.4. The van der Waals surface area contributed by atoms with E-state index < -0.39 is 10.0 Å². The van der Waals surface area contributed by atoms with Gasteiger partial charge in [0.2, 0.25) is 15.9 Å². The summed E-state index contributed by atoms with van der Waals surface area (Å²) in [6, 6.07) is 4.82. The molecule has 8 heteroatoms. The number of amides is 1. The second-order valence-electron chi connectivity index (χ2n) is 4.72. The fourth-order valence-corrected chi connectivity index (χ4v) is 3.19. The third-order valence-corrected chi connectivity index (χ3v) is 4.64. The van der Waals surface area contributed by atoms with E-state index in [9.17, 15) is 13.2 Å². The molecule has 6 nitrogen and oxygen atoms in total. The van der Waals surface area contributed by atoms with Crippen LogP contribution in [0, 0.1) is 0 Å². The average Bonchev–Trinajstić information content (AvgIpc) is 2.58. The Balaban J connectivity index is 0.00000220. The van der Waals surface area contributed by atoms with E-state index in [1.165, 1.54) is 6.07 Å². The van der Waals surface area contributed by atoms with Gasteiger partial charge in [0.05, 0.1) is 4.90 Å². The van der Waals surface area contributed by atoms with Crippen molar-refractivity contribution < 1.29 is 13.2 Å². The van der Waals surface area contributed by atoms with Crippen molar-refractivity contribution >= 4 is 34.0 Å². The molecule has 1 aromatic rings. The Bertz CT molecular complexity index is 605. The summed E-state index contributed by atoms with van der Waals surface area (Å²) in [5, 5.41) is 5.67. The summed E-state index contributed by atoms with van der Waals surface area (Å²) in [6.45, 7) is 0.910. The molecule has 0 spiro atoms. The van der Waals surface area contributed by atoms with Gasteiger partial charge in [-0.15, -0.1) is 12.4 Å². The zero-order chi connectivity index (χ0) is 14.6. The third-order valence-electron chi connectivity index (χ3n) is 3.18. The number of fused-ring (bicyclic) bond motifs is 1. The van der Waals surface area contributed by atoms with Gasteiger partial charge in [-0.05, 0) is 43.7 Å². The van der Waals surface area contributed by atoms with Crippen LogP contribution in [0.1, 0.15) is 18.4 Å². The number of nitrogens with one attached hydrogen (secondary N) is 3. The van der Waals surface area contributed by atoms with Crippen LogP contribution in [-0.2, 0) is 21.2 Å². The van der Waals surface area contributed by atoms with Crippen molar-refractivity contribution in [3.8, 4) is 0 Å². The predicted molar refractivity (Wildman–Crippen MR) is 84.4 cm³/mol. The number of carbonyl (C=O) groups excluding carboxylic acids is 1. The number of likely N-dealkylation sites (N-methyl/N-ethyl adjacent to an activating group) is 1. The van der Waals surface area contributed by atoms with E-state index in [1.807, 2.05) is 0 Å². The summed E-state index contributed by atoms with van der Waals surface area (Å²) < 4.78 is 26.8. The Morgan fingerprint density at radius 3 is 2.71 bits per heavy atom. The van der Waals surface area contributed by atoms with Crippen molar-refractivity contribution in [1.82, 2.24) is 10.0 Å². The predicted octanol–water partition coefficient (Wildman–Crippen LogP) is 0.881. The Morgan fingerprint density at radius 1 is 1.24 bits per heavy atom. The lowest BCUT2D eigenvalue weighted by Gasteiger charge is -2.11. The fraction of sp³-hybridized carbons (Fsp3) is 0.462. The van der Waals surface area contributed by atoms with E-state index in [-0.39, 0.29) is 23.2 Å². The monoisotopic (exact) mass is 333 g/mol. The van der Waals surface area contributed by atoms with Crippen LogP contribution in [0.2, 0.25) is 0 Å². The molecule has 0 aromatic heterocycles. The highest BCUT2D eigenvalue weighted by molar-refractivity contribution is 7.89. The number of benzene rings is 1. The molecule has 0 unspecified atom stereocenters. The zero-order valence-electron chi connectivity index (χ0n) is 11.8. The van der Waals surface area contributed by atoms with Crippen LogP contribution in [-0.4, -0.2) is 34.5 Å². The highest BCUT2D eigenvalue weighted by atomic mass is 35.5. The summed E-state index contributed by atoms with van der Waals surface area (Å²) in [7, 11) is -1.73. The summed E-state index contributed by atoms with van der Waals surface area (Å²) in [5.41, 5.74) is 1.58. The fourth-order valence-electron chi connectivity index (χ4n) is 2.11. The van der Waals surface area contributed by atoms with Gasteiger partial charge >= 0.3 is 0 Å². The van der Waals surface area contributed by atoms with Crippen LogP contribution in [0.5, 0.6) is 0 Å². The molecule has 1 aliphatic rings. The SMILES string of the molecule is CNCCNS(=O)(=O)c1ccc2c(c1)CCCC(=O)N2.Cl. The molecule has 0 bridgehead atoms. The van der Waals surface area contributed by atoms with Crippen molar-refractivity contribution in [2.45, 2.75) is 24.2 Å². The summed E-state index contributed by atoms with van der Waals surface area (Å²) in [5.74, 6) is -0.0218. The minimum absolute atomic E-state index is 0. The highest BCUT2D eigenvalue weighted by Gasteiger charge is 2.18. The van der Waals surface area contributed by atoms with E-state index in [0.29, 0.717) is 31.6 Å². The van der Waals surface area contributed by atoms with Crippen molar-refractivity contribution in [2.75, 3.05) is 25.5 Å². The number of aryl methyl sites for hydroxylation is 1. The number of carbonyl (C=O) groups is 1. The first-order valence-corrected chi connectivity index (χ1v) is 8.08. The summed E-state index contributed by atoms with van der Waals surface area (Å²) in [4.78, 5) is 11.7. The molecule has 0 aliphatic carbocycles. The molecular weight excluding hydrogens is 314 g/mol. The van der Waals surface area contributed by atoms with Crippen LogP contribution in [0.3, 0.4) is 0 Å². The lowest BCUT2D eigenvalue weighted by molar-refractivity contribution is -0.116. The Kier molecular flexibility index (Phi) is 6.60. The van der Waals surface area contributed by atoms with Crippen molar-refractivity contribution in [2.24, 2.45) is 0 Å². The molecule has 1 heterocycles. The Hall–Kier alpha value is -1.15. The van der Waals surface area contributed by atoms with Gasteiger partial charge in [0, 0.05) is 25.2 Å². The molecule has 1 amide bonds. The molecular formula is C13H20ClN3O3S. The molecule has 0 fully saturated rings. The number of halogens is 1. The lowest BCUT2D eigenvalue weighted by atomic mass is 10.1. The molecule has 21 heavy (non-hydrogen) atoms. The van der Waals surface area contributed by atoms with Crippen molar-refractivity contribution in [1.29, 1.82) is 0 Å². The van der Waals surface area contributed by atoms with Crippen molar-refractivity contribution in [3.05, 3.63) is 23.8 Å². The molecule has 2 rings (SSSR count). The maximum Gasteiger partial charge on any atom is 0.240 e. The van der Waals surface area contributed by atoms with Gasteiger partial charge < -0.3 is 10.6 Å². The molecule has 0 saturated heterocycles. The number of hydrogen-bond acceptors (Lipinski definition) is 4. The van der Waals surface area contributed by atoms with Gasteiger partial charge in [0.1, 0.15) is 0 Å². The molecule has 1 aromatic carbocycles. The Morgan fingerprint density at radius 2 is 2.00 bits per heavy atom. The number of hydrogen-bond donors (Lipinski definition) is 3. The molecule has 3 N–H and O–H groups in total. The smallest absolute Gasteiger partial charge is 0.240 e. The van der Waals surface area contributed by atoms with Gasteiger partial charge in [-0.25, -0.2) is 13.1 Å². The summed E-state index contributed by atoms with van der Waals surface area (Å²) in [6.07, 6.45) is 1.90. The number of sulfonamides is 1. The van der Waals surface area contributed by atoms with Crippen LogP contribution >= 0.6 is 12.4 Å². The second-order valence-corrected chi connectivity index (χ2v) is 6.49. The van der Waals surface area contributed by atoms with Crippen molar-refractivity contribution in [3.63, 3.8) is 0 Å². The molecule has 1 aliphatic heterocycles. The first kappa shape index (κ1) is 17.9. The van der Waals surface area contributed by atoms with Crippen LogP contribution in [0.25, 0.3) is 0 Å². The minimum atomic E-state index is -3.49. The van der Waals surface area contributed by atoms with Gasteiger partial charge in [-0.3, -0.25) is 4.79 Å². The highest BCUT2D eigenvalue weighted by Crippen LogP contribution is 2.24. The van der Waals surface area contributed by atoms with Gasteiger partial charge in [-0.2, -0.15) is 0 Å². The van der Waals surface area contributed by atoms with Crippen LogP contribution < -0.4 is 15.4 Å². The van der Waals surface area contributed by atoms with Gasteiger partial charge in [-0.1, -0.05) is 0 Å². The standard InChI is InChI=1S/C13H19N3O3S.ClH/c1-14-7-8-15-20(18,19)11-5-6-12-10(9-11)3-2-4-13(17)16-12;/h5-6,9,14-15H,2-4,7-8H2,1H3,(H,16,17);1H. The van der Waals surface area contributed by atoms with E-state index >= 15 is 0 Å². The molecule has 0 saturated carbocycles. The molecule has 0 radical (unpaired) electrons. The van der Waals surface area contributed by atoms with E-state index in [2.05, 4.69) is 15.4 Å². The lowest BCUT2D eigenvalue weighted by Crippen LogP contribution is -2.30. The van der Waals surface area contributed by atoms with E-state index in [0.717, 1.165) is 12.0 Å². The first-order chi connectivity index (χ1) is 9.53. The maximum atomic E-state index is 12.1. The quantitative estimate of drug-likeness (QED) is 0.698. The van der Waals surface area contributed by atoms with E-state index in [4.69, 9.17) is 0 Å². The Labute approximate surface area is 131 Å². The number of anilines is 1. The second kappa shape index (κ2) is 7.74. The minimum Gasteiger partial charge on any atom is -0.326 e. The van der Waals surface area contributed by atoms with Crippen LogP contribution in [0.4, 0.5) is 5.69 Å². The number of rotatable bonds is 5. The third kappa shape index (κ3) is 4.67. The largest absolute Gasteiger partial charge is 0.326 e. The first-order valence-electron chi connectivity index (χ1n) is 6.60. The van der Waals surface area contributed by atoms with Crippen LogP contribution in [0.15, 0.2) is 23.1 Å².